The van der Waals surface area contributed by atoms with Gasteiger partial charge in [0.25, 0.3) is 0 Å². The lowest BCUT2D eigenvalue weighted by Crippen LogP contribution is -2.07. The van der Waals surface area contributed by atoms with Gasteiger partial charge in [0.1, 0.15) is 11.5 Å². The molecule has 2 rings (SSSR count). The van der Waals surface area contributed by atoms with E-state index in [1.54, 1.807) is 12.1 Å². The maximum Gasteiger partial charge on any atom is 0.177 e. The Labute approximate surface area is 112 Å². The van der Waals surface area contributed by atoms with Gasteiger partial charge in [-0.2, -0.15) is 0 Å². The van der Waals surface area contributed by atoms with Gasteiger partial charge in [0.15, 0.2) is 9.84 Å². The molecule has 102 valence electrons. The molecule has 0 atom stereocenters. The van der Waals surface area contributed by atoms with Crippen molar-refractivity contribution >= 4 is 21.2 Å². The highest BCUT2D eigenvalue weighted by atomic mass is 32.2. The summed E-state index contributed by atoms with van der Waals surface area (Å²) in [5.74, 6) is 1.59. The molecule has 0 aliphatic carbocycles. The number of benzene rings is 1. The summed E-state index contributed by atoms with van der Waals surface area (Å²) in [5.41, 5.74) is 6.68. The van der Waals surface area contributed by atoms with E-state index < -0.39 is 9.84 Å². The van der Waals surface area contributed by atoms with Crippen molar-refractivity contribution in [3.8, 4) is 0 Å². The Morgan fingerprint density at radius 1 is 1.26 bits per heavy atom. The molecule has 1 aromatic heterocycles. The van der Waals surface area contributed by atoms with Crippen LogP contribution in [-0.2, 0) is 16.4 Å². The number of anilines is 2. The molecule has 5 nitrogen and oxygen atoms in total. The maximum atomic E-state index is 11.6. The number of furan rings is 1. The lowest BCUT2D eigenvalue weighted by atomic mass is 10.2. The van der Waals surface area contributed by atoms with Crippen LogP contribution in [0.2, 0.25) is 0 Å². The number of sulfone groups is 1. The molecule has 0 amide bonds. The molecule has 2 aromatic rings. The van der Waals surface area contributed by atoms with Gasteiger partial charge in [-0.3, -0.25) is 0 Å². The normalized spacial score (nSPS) is 11.5. The Kier molecular flexibility index (Phi) is 3.53. The quantitative estimate of drug-likeness (QED) is 0.838. The molecule has 1 heterocycles. The molecule has 0 unspecified atom stereocenters. The first-order chi connectivity index (χ1) is 8.88. The van der Waals surface area contributed by atoms with Gasteiger partial charge in [-0.1, -0.05) is 6.07 Å². The van der Waals surface area contributed by atoms with Crippen molar-refractivity contribution < 1.29 is 12.8 Å². The third-order valence-electron chi connectivity index (χ3n) is 2.71. The molecule has 0 saturated heterocycles. The molecule has 0 radical (unpaired) electrons. The van der Waals surface area contributed by atoms with E-state index in [0.717, 1.165) is 17.8 Å². The standard InChI is InChI=1S/C13H16N2O3S/c1-9-6-7-10(18-9)8-15-11-4-3-5-12(13(11)14)19(2,16)17/h3-7,15H,8,14H2,1-2H3. The van der Waals surface area contributed by atoms with Gasteiger partial charge in [0, 0.05) is 6.26 Å². The van der Waals surface area contributed by atoms with Gasteiger partial charge < -0.3 is 15.5 Å². The summed E-state index contributed by atoms with van der Waals surface area (Å²) in [6.45, 7) is 2.31. The Hall–Kier alpha value is -1.95. The smallest absolute Gasteiger partial charge is 0.177 e. The van der Waals surface area contributed by atoms with Crippen LogP contribution >= 0.6 is 0 Å². The van der Waals surface area contributed by atoms with Gasteiger partial charge in [0.05, 0.1) is 22.8 Å². The van der Waals surface area contributed by atoms with Crippen LogP contribution in [0.25, 0.3) is 0 Å². The average Bonchev–Trinajstić information content (AvgIpc) is 2.72. The first-order valence-corrected chi connectivity index (χ1v) is 7.65. The van der Waals surface area contributed by atoms with Crippen LogP contribution in [0.1, 0.15) is 11.5 Å². The Balaban J connectivity index is 2.22. The second-order valence-electron chi connectivity index (χ2n) is 4.36. The molecule has 0 fully saturated rings. The first kappa shape index (κ1) is 13.5. The third-order valence-corrected chi connectivity index (χ3v) is 3.87. The van der Waals surface area contributed by atoms with E-state index in [1.165, 1.54) is 6.07 Å². The predicted molar refractivity (Wildman–Crippen MR) is 74.7 cm³/mol. The number of nitrogens with one attached hydrogen (secondary N) is 1. The summed E-state index contributed by atoms with van der Waals surface area (Å²) >= 11 is 0. The topological polar surface area (TPSA) is 85.3 Å². The number of hydrogen-bond acceptors (Lipinski definition) is 5. The van der Waals surface area contributed by atoms with Gasteiger partial charge in [0.2, 0.25) is 0 Å². The Morgan fingerprint density at radius 2 is 2.00 bits per heavy atom. The number of para-hydroxylation sites is 1. The Morgan fingerprint density at radius 3 is 2.58 bits per heavy atom. The SMILES string of the molecule is Cc1ccc(CNc2cccc(S(C)(=O)=O)c2N)o1. The highest BCUT2D eigenvalue weighted by Gasteiger charge is 2.14. The predicted octanol–water partition coefficient (Wildman–Crippen LogP) is 2.19. The number of rotatable bonds is 4. The summed E-state index contributed by atoms with van der Waals surface area (Å²) in [6, 6.07) is 8.61. The van der Waals surface area contributed by atoms with Crippen LogP contribution in [0.3, 0.4) is 0 Å². The van der Waals surface area contributed by atoms with E-state index in [-0.39, 0.29) is 10.6 Å². The van der Waals surface area contributed by atoms with Crippen LogP contribution < -0.4 is 11.1 Å². The molecular formula is C13H16N2O3S. The van der Waals surface area contributed by atoms with E-state index in [9.17, 15) is 8.42 Å². The minimum absolute atomic E-state index is 0.133. The Bertz CT molecular complexity index is 690. The fourth-order valence-electron chi connectivity index (χ4n) is 1.78. The third kappa shape index (κ3) is 3.08. The van der Waals surface area contributed by atoms with Crippen molar-refractivity contribution in [2.45, 2.75) is 18.4 Å². The van der Waals surface area contributed by atoms with E-state index in [0.29, 0.717) is 12.2 Å². The second-order valence-corrected chi connectivity index (χ2v) is 6.34. The van der Waals surface area contributed by atoms with Crippen LogP contribution in [-0.4, -0.2) is 14.7 Å². The minimum atomic E-state index is -3.32. The number of hydrogen-bond donors (Lipinski definition) is 2. The zero-order valence-corrected chi connectivity index (χ0v) is 11.6. The van der Waals surface area contributed by atoms with E-state index >= 15 is 0 Å². The van der Waals surface area contributed by atoms with Crippen LogP contribution in [0, 0.1) is 6.92 Å². The monoisotopic (exact) mass is 280 g/mol. The molecule has 0 aliphatic rings. The van der Waals surface area contributed by atoms with Gasteiger partial charge in [-0.05, 0) is 31.2 Å². The number of nitrogen functional groups attached to an aromatic ring is 1. The average molecular weight is 280 g/mol. The summed E-state index contributed by atoms with van der Waals surface area (Å²) in [5, 5.41) is 3.07. The van der Waals surface area contributed by atoms with E-state index in [4.69, 9.17) is 10.2 Å². The summed E-state index contributed by atoms with van der Waals surface area (Å²) in [6.07, 6.45) is 1.14. The van der Waals surface area contributed by atoms with Crippen molar-refractivity contribution in [3.05, 3.63) is 41.9 Å². The van der Waals surface area contributed by atoms with E-state index in [2.05, 4.69) is 5.32 Å². The summed E-state index contributed by atoms with van der Waals surface area (Å²) in [7, 11) is -3.32. The molecule has 0 spiro atoms. The van der Waals surface area contributed by atoms with Crippen LogP contribution in [0.15, 0.2) is 39.6 Å². The fourth-order valence-corrected chi connectivity index (χ4v) is 2.62. The lowest BCUT2D eigenvalue weighted by Gasteiger charge is -2.11. The van der Waals surface area contributed by atoms with Crippen LogP contribution in [0.5, 0.6) is 0 Å². The van der Waals surface area contributed by atoms with Crippen molar-refractivity contribution in [2.24, 2.45) is 0 Å². The zero-order chi connectivity index (χ0) is 14.0. The molecule has 3 N–H and O–H groups in total. The summed E-state index contributed by atoms with van der Waals surface area (Å²) < 4.78 is 28.5. The van der Waals surface area contributed by atoms with Crippen LogP contribution in [0.4, 0.5) is 11.4 Å². The van der Waals surface area contributed by atoms with E-state index in [1.807, 2.05) is 19.1 Å². The fraction of sp³-hybridized carbons (Fsp3) is 0.231. The van der Waals surface area contributed by atoms with Crippen molar-refractivity contribution in [1.82, 2.24) is 0 Å². The number of aryl methyl sites for hydroxylation is 1. The van der Waals surface area contributed by atoms with Crippen molar-refractivity contribution in [1.29, 1.82) is 0 Å². The van der Waals surface area contributed by atoms with Crippen molar-refractivity contribution in [2.75, 3.05) is 17.3 Å². The summed E-state index contributed by atoms with van der Waals surface area (Å²) in [4.78, 5) is 0.133. The zero-order valence-electron chi connectivity index (χ0n) is 10.8. The second kappa shape index (κ2) is 4.97. The number of nitrogens with two attached hydrogens (primary N) is 1. The highest BCUT2D eigenvalue weighted by Crippen LogP contribution is 2.27. The van der Waals surface area contributed by atoms with Gasteiger partial charge in [-0.25, -0.2) is 8.42 Å². The molecular weight excluding hydrogens is 264 g/mol. The largest absolute Gasteiger partial charge is 0.465 e. The molecule has 0 aliphatic heterocycles. The molecule has 6 heteroatoms. The molecule has 0 saturated carbocycles. The molecule has 19 heavy (non-hydrogen) atoms. The maximum absolute atomic E-state index is 11.6. The van der Waals surface area contributed by atoms with Gasteiger partial charge >= 0.3 is 0 Å². The minimum Gasteiger partial charge on any atom is -0.465 e. The van der Waals surface area contributed by atoms with Crippen molar-refractivity contribution in [3.63, 3.8) is 0 Å². The van der Waals surface area contributed by atoms with Gasteiger partial charge in [-0.15, -0.1) is 0 Å². The highest BCUT2D eigenvalue weighted by molar-refractivity contribution is 7.90. The molecule has 1 aromatic carbocycles. The molecule has 0 bridgehead atoms. The first-order valence-electron chi connectivity index (χ1n) is 5.75. The lowest BCUT2D eigenvalue weighted by molar-refractivity contribution is 0.490.